The van der Waals surface area contributed by atoms with Crippen molar-refractivity contribution in [2.45, 2.75) is 64.0 Å². The van der Waals surface area contributed by atoms with Gasteiger partial charge in [0.1, 0.15) is 0 Å². The van der Waals surface area contributed by atoms with Crippen LogP contribution in [0.3, 0.4) is 0 Å². The molecule has 2 saturated carbocycles. The summed E-state index contributed by atoms with van der Waals surface area (Å²) >= 11 is 0. The molecule has 3 fully saturated rings. The maximum absolute atomic E-state index is 6.07. The molecule has 0 radical (unpaired) electrons. The van der Waals surface area contributed by atoms with E-state index in [0.29, 0.717) is 23.5 Å². The number of fused-ring (bicyclic) bond motifs is 2. The predicted molar refractivity (Wildman–Crippen MR) is 86.6 cm³/mol. The summed E-state index contributed by atoms with van der Waals surface area (Å²) in [6, 6.07) is 0.579. The zero-order valence-corrected chi connectivity index (χ0v) is 13.9. The summed E-state index contributed by atoms with van der Waals surface area (Å²) in [5.74, 6) is 1.78. The van der Waals surface area contributed by atoms with Gasteiger partial charge in [0.15, 0.2) is 5.96 Å². The molecule has 1 aliphatic heterocycles. The highest BCUT2D eigenvalue weighted by Gasteiger charge is 2.65. The molecule has 3 atom stereocenters. The Bertz CT molecular complexity index is 389. The van der Waals surface area contributed by atoms with Crippen molar-refractivity contribution in [2.75, 3.05) is 27.2 Å². The van der Waals surface area contributed by atoms with E-state index in [1.807, 2.05) is 7.05 Å². The summed E-state index contributed by atoms with van der Waals surface area (Å²) < 4.78 is 6.07. The maximum Gasteiger partial charge on any atom is 0.193 e. The van der Waals surface area contributed by atoms with Crippen molar-refractivity contribution in [1.82, 2.24) is 10.2 Å². The third kappa shape index (κ3) is 2.45. The molecule has 1 heterocycles. The molecule has 3 rings (SSSR count). The molecular weight excluding hydrogens is 262 g/mol. The summed E-state index contributed by atoms with van der Waals surface area (Å²) in [6.45, 7) is 4.28. The van der Waals surface area contributed by atoms with Crippen molar-refractivity contribution in [3.63, 3.8) is 0 Å². The summed E-state index contributed by atoms with van der Waals surface area (Å²) in [5, 5.41) is 3.81. The maximum atomic E-state index is 6.07. The second kappa shape index (κ2) is 6.15. The first kappa shape index (κ1) is 15.1. The molecule has 4 heteroatoms. The number of guanidine groups is 1. The van der Waals surface area contributed by atoms with E-state index < -0.39 is 0 Å². The zero-order valence-electron chi connectivity index (χ0n) is 13.9. The number of hydrogen-bond acceptors (Lipinski definition) is 2. The molecule has 1 N–H and O–H groups in total. The van der Waals surface area contributed by atoms with E-state index >= 15 is 0 Å². The van der Waals surface area contributed by atoms with Gasteiger partial charge in [-0.15, -0.1) is 0 Å². The molecule has 1 saturated heterocycles. The highest BCUT2D eigenvalue weighted by atomic mass is 16.5. The monoisotopic (exact) mass is 293 g/mol. The van der Waals surface area contributed by atoms with Crippen LogP contribution < -0.4 is 5.32 Å². The Morgan fingerprint density at radius 1 is 1.38 bits per heavy atom. The van der Waals surface area contributed by atoms with Crippen molar-refractivity contribution in [3.8, 4) is 0 Å². The van der Waals surface area contributed by atoms with Gasteiger partial charge in [-0.25, -0.2) is 0 Å². The molecule has 0 aromatic rings. The molecule has 4 nitrogen and oxygen atoms in total. The van der Waals surface area contributed by atoms with Gasteiger partial charge in [0, 0.05) is 44.6 Å². The van der Waals surface area contributed by atoms with Crippen molar-refractivity contribution >= 4 is 5.96 Å². The number of nitrogens with zero attached hydrogens (tertiary/aromatic N) is 2. The van der Waals surface area contributed by atoms with Gasteiger partial charge in [-0.05, 0) is 25.7 Å². The third-order valence-corrected chi connectivity index (χ3v) is 5.99. The third-order valence-electron chi connectivity index (χ3n) is 5.99. The first-order valence-electron chi connectivity index (χ1n) is 8.79. The molecule has 2 aliphatic carbocycles. The molecule has 3 aliphatic rings. The lowest BCUT2D eigenvalue weighted by molar-refractivity contribution is -0.125. The SMILES string of the molecule is CCCCN(C)C(=NC)NC1C2CCOC2C12CCCC2. The van der Waals surface area contributed by atoms with Crippen LogP contribution >= 0.6 is 0 Å². The lowest BCUT2D eigenvalue weighted by Crippen LogP contribution is -2.69. The number of ether oxygens (including phenoxy) is 1. The first-order chi connectivity index (χ1) is 10.2. The van der Waals surface area contributed by atoms with Gasteiger partial charge in [0.2, 0.25) is 0 Å². The van der Waals surface area contributed by atoms with Gasteiger partial charge < -0.3 is 15.0 Å². The Morgan fingerprint density at radius 2 is 2.14 bits per heavy atom. The van der Waals surface area contributed by atoms with Crippen LogP contribution in [0.15, 0.2) is 4.99 Å². The van der Waals surface area contributed by atoms with Crippen LogP contribution in [0.1, 0.15) is 51.9 Å². The van der Waals surface area contributed by atoms with Crippen LogP contribution in [0, 0.1) is 11.3 Å². The summed E-state index contributed by atoms with van der Waals surface area (Å²) in [4.78, 5) is 6.81. The van der Waals surface area contributed by atoms with Crippen molar-refractivity contribution in [2.24, 2.45) is 16.3 Å². The number of aliphatic imine (C=N–C) groups is 1. The number of hydrogen-bond donors (Lipinski definition) is 1. The summed E-state index contributed by atoms with van der Waals surface area (Å²) in [7, 11) is 4.07. The topological polar surface area (TPSA) is 36.9 Å². The lowest BCUT2D eigenvalue weighted by Gasteiger charge is -2.57. The Balaban J connectivity index is 1.67. The standard InChI is InChI=1S/C17H31N3O/c1-4-5-11-20(3)16(18-2)19-14-13-8-12-21-15(13)17(14)9-6-7-10-17/h13-15H,4-12H2,1-3H3,(H,18,19). The molecule has 21 heavy (non-hydrogen) atoms. The molecule has 0 aromatic carbocycles. The zero-order chi connectivity index (χ0) is 14.9. The Hall–Kier alpha value is -0.770. The first-order valence-corrected chi connectivity index (χ1v) is 8.79. The van der Waals surface area contributed by atoms with Crippen molar-refractivity contribution in [3.05, 3.63) is 0 Å². The van der Waals surface area contributed by atoms with E-state index in [2.05, 4.69) is 29.2 Å². The number of unbranched alkanes of at least 4 members (excludes halogenated alkanes) is 1. The van der Waals surface area contributed by atoms with Crippen LogP contribution in [0.25, 0.3) is 0 Å². The second-order valence-corrected chi connectivity index (χ2v) is 7.13. The van der Waals surface area contributed by atoms with Crippen LogP contribution in [0.2, 0.25) is 0 Å². The molecule has 120 valence electrons. The second-order valence-electron chi connectivity index (χ2n) is 7.13. The van der Waals surface area contributed by atoms with E-state index in [-0.39, 0.29) is 0 Å². The molecule has 3 unspecified atom stereocenters. The van der Waals surface area contributed by atoms with Crippen molar-refractivity contribution in [1.29, 1.82) is 0 Å². The van der Waals surface area contributed by atoms with Crippen LogP contribution in [0.4, 0.5) is 0 Å². The van der Waals surface area contributed by atoms with Gasteiger partial charge >= 0.3 is 0 Å². The fourth-order valence-corrected chi connectivity index (χ4v) is 4.89. The lowest BCUT2D eigenvalue weighted by atomic mass is 9.54. The van der Waals surface area contributed by atoms with E-state index in [4.69, 9.17) is 4.74 Å². The fourth-order valence-electron chi connectivity index (χ4n) is 4.89. The van der Waals surface area contributed by atoms with Gasteiger partial charge in [-0.3, -0.25) is 4.99 Å². The predicted octanol–water partition coefficient (Wildman–Crippen LogP) is 2.64. The van der Waals surface area contributed by atoms with Crippen LogP contribution in [0.5, 0.6) is 0 Å². The summed E-state index contributed by atoms with van der Waals surface area (Å²) in [6.07, 6.45) is 9.61. The normalized spacial score (nSPS) is 33.9. The van der Waals surface area contributed by atoms with Crippen molar-refractivity contribution < 1.29 is 4.74 Å². The smallest absolute Gasteiger partial charge is 0.193 e. The minimum Gasteiger partial charge on any atom is -0.377 e. The minimum absolute atomic E-state index is 0.405. The quantitative estimate of drug-likeness (QED) is 0.639. The van der Waals surface area contributed by atoms with Gasteiger partial charge in [0.05, 0.1) is 6.10 Å². The number of rotatable bonds is 4. The van der Waals surface area contributed by atoms with Crippen LogP contribution in [-0.4, -0.2) is 50.3 Å². The van der Waals surface area contributed by atoms with E-state index in [0.717, 1.165) is 19.1 Å². The van der Waals surface area contributed by atoms with Crippen LogP contribution in [-0.2, 0) is 4.74 Å². The highest BCUT2D eigenvalue weighted by molar-refractivity contribution is 5.80. The minimum atomic E-state index is 0.405. The Labute approximate surface area is 129 Å². The Morgan fingerprint density at radius 3 is 2.81 bits per heavy atom. The average Bonchev–Trinajstić information content (AvgIpc) is 3.13. The van der Waals surface area contributed by atoms with Gasteiger partial charge in [-0.2, -0.15) is 0 Å². The van der Waals surface area contributed by atoms with Gasteiger partial charge in [0.25, 0.3) is 0 Å². The van der Waals surface area contributed by atoms with Gasteiger partial charge in [-0.1, -0.05) is 26.2 Å². The average molecular weight is 293 g/mol. The molecular formula is C17H31N3O. The Kier molecular flexibility index (Phi) is 4.43. The van der Waals surface area contributed by atoms with E-state index in [1.165, 1.54) is 44.9 Å². The highest BCUT2D eigenvalue weighted by Crippen LogP contribution is 2.60. The fraction of sp³-hybridized carbons (Fsp3) is 0.941. The van der Waals surface area contributed by atoms with E-state index in [9.17, 15) is 0 Å². The summed E-state index contributed by atoms with van der Waals surface area (Å²) in [5.41, 5.74) is 0.405. The molecule has 0 bridgehead atoms. The molecule has 0 aromatic heterocycles. The molecule has 1 spiro atoms. The number of nitrogens with one attached hydrogen (secondary N) is 1. The largest absolute Gasteiger partial charge is 0.377 e. The molecule has 0 amide bonds. The van der Waals surface area contributed by atoms with E-state index in [1.54, 1.807) is 0 Å².